The number of para-hydroxylation sites is 1. The molecule has 14 heavy (non-hydrogen) atoms. The van der Waals surface area contributed by atoms with Crippen molar-refractivity contribution in [2.75, 3.05) is 18.5 Å². The lowest BCUT2D eigenvalue weighted by molar-refractivity contribution is 0.510. The van der Waals surface area contributed by atoms with Gasteiger partial charge < -0.3 is 10.2 Å². The van der Waals surface area contributed by atoms with Crippen LogP contribution in [-0.2, 0) is 6.54 Å². The van der Waals surface area contributed by atoms with Gasteiger partial charge in [-0.15, -0.1) is 0 Å². The van der Waals surface area contributed by atoms with Crippen LogP contribution >= 0.6 is 0 Å². The molecule has 0 fully saturated rings. The van der Waals surface area contributed by atoms with E-state index >= 15 is 0 Å². The Kier molecular flexibility index (Phi) is 2.73. The Balaban J connectivity index is 2.26. The van der Waals surface area contributed by atoms with Crippen LogP contribution in [0.4, 0.5) is 5.69 Å². The van der Waals surface area contributed by atoms with E-state index in [1.165, 1.54) is 17.7 Å². The molecule has 1 aromatic rings. The summed E-state index contributed by atoms with van der Waals surface area (Å²) in [6.45, 7) is 4.34. The van der Waals surface area contributed by atoms with Gasteiger partial charge in [-0.25, -0.2) is 0 Å². The molecule has 0 radical (unpaired) electrons. The molecule has 2 rings (SSSR count). The number of nitrogens with one attached hydrogen (secondary N) is 1. The highest BCUT2D eigenvalue weighted by molar-refractivity contribution is 5.53. The fourth-order valence-corrected chi connectivity index (χ4v) is 2.05. The minimum Gasteiger partial charge on any atom is -0.373 e. The van der Waals surface area contributed by atoms with E-state index in [-0.39, 0.29) is 0 Å². The predicted octanol–water partition coefficient (Wildman–Crippen LogP) is 2.00. The zero-order valence-corrected chi connectivity index (χ0v) is 8.96. The first-order valence-corrected chi connectivity index (χ1v) is 5.33. The first kappa shape index (κ1) is 9.53. The van der Waals surface area contributed by atoms with Gasteiger partial charge in [-0.2, -0.15) is 0 Å². The number of hydrogen-bond acceptors (Lipinski definition) is 2. The molecular formula is C12H18N2. The van der Waals surface area contributed by atoms with Crippen molar-refractivity contribution in [2.24, 2.45) is 0 Å². The van der Waals surface area contributed by atoms with E-state index in [9.17, 15) is 0 Å². The van der Waals surface area contributed by atoms with E-state index in [4.69, 9.17) is 0 Å². The summed E-state index contributed by atoms with van der Waals surface area (Å²) < 4.78 is 0. The SMILES string of the molecule is CC[C@@H]1CN(C)c2ccccc2CN1. The molecule has 0 saturated carbocycles. The molecule has 0 saturated heterocycles. The molecule has 2 nitrogen and oxygen atoms in total. The molecule has 0 aromatic heterocycles. The third kappa shape index (κ3) is 1.75. The molecular weight excluding hydrogens is 172 g/mol. The maximum absolute atomic E-state index is 3.58. The Bertz CT molecular complexity index is 309. The van der Waals surface area contributed by atoms with Crippen LogP contribution < -0.4 is 10.2 Å². The van der Waals surface area contributed by atoms with Gasteiger partial charge in [0.25, 0.3) is 0 Å². The van der Waals surface area contributed by atoms with Gasteiger partial charge in [0.2, 0.25) is 0 Å². The molecule has 0 aliphatic carbocycles. The first-order chi connectivity index (χ1) is 6.81. The Labute approximate surface area is 85.9 Å². The third-order valence-electron chi connectivity index (χ3n) is 2.97. The van der Waals surface area contributed by atoms with Crippen molar-refractivity contribution < 1.29 is 0 Å². The van der Waals surface area contributed by atoms with E-state index in [0.717, 1.165) is 13.1 Å². The molecule has 76 valence electrons. The molecule has 1 aliphatic heterocycles. The fourth-order valence-electron chi connectivity index (χ4n) is 2.05. The highest BCUT2D eigenvalue weighted by atomic mass is 15.1. The van der Waals surface area contributed by atoms with E-state index in [0.29, 0.717) is 6.04 Å². The zero-order valence-electron chi connectivity index (χ0n) is 8.96. The molecule has 0 spiro atoms. The molecule has 1 N–H and O–H groups in total. The maximum Gasteiger partial charge on any atom is 0.0409 e. The summed E-state index contributed by atoms with van der Waals surface area (Å²) in [5.74, 6) is 0. The van der Waals surface area contributed by atoms with Gasteiger partial charge in [0.05, 0.1) is 0 Å². The molecule has 2 heteroatoms. The Morgan fingerprint density at radius 1 is 1.43 bits per heavy atom. The average Bonchev–Trinajstić information content (AvgIpc) is 2.39. The summed E-state index contributed by atoms with van der Waals surface area (Å²) >= 11 is 0. The van der Waals surface area contributed by atoms with Crippen molar-refractivity contribution in [2.45, 2.75) is 25.9 Å². The molecule has 1 aliphatic rings. The van der Waals surface area contributed by atoms with Crippen LogP contribution in [0.3, 0.4) is 0 Å². The van der Waals surface area contributed by atoms with Gasteiger partial charge in [0.1, 0.15) is 0 Å². The number of anilines is 1. The monoisotopic (exact) mass is 190 g/mol. The molecule has 0 bridgehead atoms. The highest BCUT2D eigenvalue weighted by Gasteiger charge is 2.16. The summed E-state index contributed by atoms with van der Waals surface area (Å²) in [5, 5.41) is 3.58. The number of rotatable bonds is 1. The standard InChI is InChI=1S/C12H18N2/c1-3-11-9-14(2)12-7-5-4-6-10(12)8-13-11/h4-7,11,13H,3,8-9H2,1-2H3/t11-/m1/s1. The number of nitrogens with zero attached hydrogens (tertiary/aromatic N) is 1. The topological polar surface area (TPSA) is 15.3 Å². The van der Waals surface area contributed by atoms with E-state index in [1.807, 2.05) is 0 Å². The Morgan fingerprint density at radius 2 is 2.21 bits per heavy atom. The summed E-state index contributed by atoms with van der Waals surface area (Å²) in [4.78, 5) is 2.35. The lowest BCUT2D eigenvalue weighted by atomic mass is 10.2. The first-order valence-electron chi connectivity index (χ1n) is 5.33. The van der Waals surface area contributed by atoms with Crippen LogP contribution in [0.5, 0.6) is 0 Å². The molecule has 1 atom stereocenters. The van der Waals surface area contributed by atoms with Gasteiger partial charge in [0.15, 0.2) is 0 Å². The van der Waals surface area contributed by atoms with Crippen LogP contribution in [0.15, 0.2) is 24.3 Å². The smallest absolute Gasteiger partial charge is 0.0409 e. The number of likely N-dealkylation sites (N-methyl/N-ethyl adjacent to an activating group) is 1. The summed E-state index contributed by atoms with van der Waals surface area (Å²) in [6.07, 6.45) is 1.19. The van der Waals surface area contributed by atoms with Crippen LogP contribution in [-0.4, -0.2) is 19.6 Å². The second-order valence-corrected chi connectivity index (χ2v) is 4.00. The Hall–Kier alpha value is -1.02. The van der Waals surface area contributed by atoms with Crippen molar-refractivity contribution in [3.63, 3.8) is 0 Å². The van der Waals surface area contributed by atoms with Crippen molar-refractivity contribution in [1.29, 1.82) is 0 Å². The fraction of sp³-hybridized carbons (Fsp3) is 0.500. The molecule has 0 amide bonds. The van der Waals surface area contributed by atoms with Crippen LogP contribution in [0.25, 0.3) is 0 Å². The van der Waals surface area contributed by atoms with Crippen LogP contribution in [0, 0.1) is 0 Å². The molecule has 0 unspecified atom stereocenters. The molecule has 1 aromatic carbocycles. The Morgan fingerprint density at radius 3 is 3.00 bits per heavy atom. The van der Waals surface area contributed by atoms with Gasteiger partial charge in [0, 0.05) is 31.9 Å². The van der Waals surface area contributed by atoms with E-state index in [2.05, 4.69) is 48.5 Å². The van der Waals surface area contributed by atoms with Crippen molar-refractivity contribution in [3.05, 3.63) is 29.8 Å². The van der Waals surface area contributed by atoms with Crippen molar-refractivity contribution >= 4 is 5.69 Å². The number of fused-ring (bicyclic) bond motifs is 1. The highest BCUT2D eigenvalue weighted by Crippen LogP contribution is 2.22. The van der Waals surface area contributed by atoms with Crippen molar-refractivity contribution in [1.82, 2.24) is 5.32 Å². The van der Waals surface area contributed by atoms with Gasteiger partial charge in [-0.3, -0.25) is 0 Å². The van der Waals surface area contributed by atoms with Crippen LogP contribution in [0.2, 0.25) is 0 Å². The number of benzene rings is 1. The minimum atomic E-state index is 0.618. The van der Waals surface area contributed by atoms with Crippen LogP contribution in [0.1, 0.15) is 18.9 Å². The van der Waals surface area contributed by atoms with Crippen molar-refractivity contribution in [3.8, 4) is 0 Å². The largest absolute Gasteiger partial charge is 0.373 e. The second-order valence-electron chi connectivity index (χ2n) is 4.00. The predicted molar refractivity (Wildman–Crippen MR) is 60.6 cm³/mol. The zero-order chi connectivity index (χ0) is 9.97. The lowest BCUT2D eigenvalue weighted by Crippen LogP contribution is -2.35. The number of hydrogen-bond donors (Lipinski definition) is 1. The van der Waals surface area contributed by atoms with Gasteiger partial charge in [-0.1, -0.05) is 25.1 Å². The lowest BCUT2D eigenvalue weighted by Gasteiger charge is -2.22. The summed E-state index contributed by atoms with van der Waals surface area (Å²) in [6, 6.07) is 9.25. The normalized spacial score (nSPS) is 21.6. The minimum absolute atomic E-state index is 0.618. The summed E-state index contributed by atoms with van der Waals surface area (Å²) in [5.41, 5.74) is 2.78. The quantitative estimate of drug-likeness (QED) is 0.728. The van der Waals surface area contributed by atoms with E-state index in [1.54, 1.807) is 0 Å². The average molecular weight is 190 g/mol. The third-order valence-corrected chi connectivity index (χ3v) is 2.97. The maximum atomic E-state index is 3.58. The van der Waals surface area contributed by atoms with E-state index < -0.39 is 0 Å². The molecule has 1 heterocycles. The van der Waals surface area contributed by atoms with Gasteiger partial charge >= 0.3 is 0 Å². The van der Waals surface area contributed by atoms with Gasteiger partial charge in [-0.05, 0) is 18.1 Å². The summed E-state index contributed by atoms with van der Waals surface area (Å²) in [7, 11) is 2.18. The second kappa shape index (κ2) is 4.01.